The molecule has 0 heterocycles. The van der Waals surface area contributed by atoms with E-state index >= 15 is 0 Å². The lowest BCUT2D eigenvalue weighted by atomic mass is 10.0. The number of aliphatic hydroxyl groups excluding tert-OH is 1. The van der Waals surface area contributed by atoms with Crippen LogP contribution in [0.5, 0.6) is 0 Å². The molecule has 0 aromatic rings. The van der Waals surface area contributed by atoms with Gasteiger partial charge in [-0.3, -0.25) is 14.1 Å². The van der Waals surface area contributed by atoms with Crippen LogP contribution in [0.2, 0.25) is 0 Å². The van der Waals surface area contributed by atoms with Gasteiger partial charge in [0.2, 0.25) is 0 Å². The molecular weight excluding hydrogens is 667 g/mol. The fourth-order valence-electron chi connectivity index (χ4n) is 5.42. The van der Waals surface area contributed by atoms with E-state index in [9.17, 15) is 19.3 Å². The molecule has 0 aliphatic heterocycles. The Morgan fingerprint density at radius 1 is 0.608 bits per heavy atom. The zero-order valence-electron chi connectivity index (χ0n) is 32.1. The van der Waals surface area contributed by atoms with Crippen LogP contribution in [-0.2, 0) is 28.2 Å². The Balaban J connectivity index is 4.14. The second-order valence-electron chi connectivity index (χ2n) is 13.5. The fourth-order valence-corrected chi connectivity index (χ4v) is 5.78. The SMILES string of the molecule is CCCCC/C=C\C/C=C\C/C=C\C=C\[C@H](O)CCCC(=O)O[C@H](COC(=O)CCCCCCCCCCCCCCCCC)COP(=O)(O)O. The molecule has 0 saturated carbocycles. The average molecular weight is 741 g/mol. The van der Waals surface area contributed by atoms with E-state index in [0.29, 0.717) is 19.3 Å². The van der Waals surface area contributed by atoms with Gasteiger partial charge in [0.25, 0.3) is 0 Å². The number of ether oxygens (including phenoxy) is 2. The minimum atomic E-state index is -4.81. The van der Waals surface area contributed by atoms with Gasteiger partial charge in [-0.1, -0.05) is 165 Å². The molecule has 3 N–H and O–H groups in total. The second kappa shape index (κ2) is 36.3. The highest BCUT2D eigenvalue weighted by molar-refractivity contribution is 7.46. The number of allylic oxidation sites excluding steroid dienone is 7. The van der Waals surface area contributed by atoms with Crippen molar-refractivity contribution in [2.75, 3.05) is 13.2 Å². The van der Waals surface area contributed by atoms with Crippen LogP contribution in [0.3, 0.4) is 0 Å². The van der Waals surface area contributed by atoms with Gasteiger partial charge in [-0.2, -0.15) is 0 Å². The Hall–Kier alpha value is -2.03. The van der Waals surface area contributed by atoms with Gasteiger partial charge < -0.3 is 24.4 Å². The first-order valence-corrected chi connectivity index (χ1v) is 21.6. The summed E-state index contributed by atoms with van der Waals surface area (Å²) >= 11 is 0. The number of esters is 2. The first-order valence-electron chi connectivity index (χ1n) is 20.0. The predicted octanol–water partition coefficient (Wildman–Crippen LogP) is 10.9. The minimum absolute atomic E-state index is 0.0158. The summed E-state index contributed by atoms with van der Waals surface area (Å²) < 4.78 is 26.2. The molecular formula is C41H73O9P. The van der Waals surface area contributed by atoms with Crippen molar-refractivity contribution in [1.82, 2.24) is 0 Å². The molecule has 9 nitrogen and oxygen atoms in total. The van der Waals surface area contributed by atoms with Gasteiger partial charge in [0, 0.05) is 12.8 Å². The van der Waals surface area contributed by atoms with Crippen LogP contribution in [0, 0.1) is 0 Å². The summed E-state index contributed by atoms with van der Waals surface area (Å²) in [5, 5.41) is 10.2. The van der Waals surface area contributed by atoms with Gasteiger partial charge in [-0.15, -0.1) is 0 Å². The molecule has 0 unspecified atom stereocenters. The standard InChI is InChI=1S/C41H73O9P/c1-3-5-7-9-11-13-15-17-18-20-22-24-26-28-30-34-40(43)48-36-39(37-49-51(45,46)47)50-41(44)35-31-33-38(42)32-29-27-25-23-21-19-16-14-12-10-8-6-4-2/h12,14,19,21,25,27,29,32,38-39,42H,3-11,13,15-18,20,22-24,26,28,30-31,33-37H2,1-2H3,(H2,45,46,47)/b14-12-,21-19-,27-25-,32-29+/t38-,39+/m0/s1. The number of aliphatic hydroxyl groups is 1. The molecule has 0 radical (unpaired) electrons. The summed E-state index contributed by atoms with van der Waals surface area (Å²) in [6.07, 6.45) is 40.0. The van der Waals surface area contributed by atoms with Gasteiger partial charge in [-0.25, -0.2) is 4.57 Å². The average Bonchev–Trinajstić information content (AvgIpc) is 3.09. The van der Waals surface area contributed by atoms with E-state index in [-0.39, 0.29) is 19.4 Å². The van der Waals surface area contributed by atoms with Crippen LogP contribution < -0.4 is 0 Å². The van der Waals surface area contributed by atoms with Gasteiger partial charge in [0.1, 0.15) is 6.61 Å². The highest BCUT2D eigenvalue weighted by atomic mass is 31.2. The molecule has 0 aliphatic rings. The Bertz CT molecular complexity index is 986. The third kappa shape index (κ3) is 39.0. The van der Waals surface area contributed by atoms with Crippen molar-refractivity contribution < 1.29 is 43.0 Å². The predicted molar refractivity (Wildman–Crippen MR) is 208 cm³/mol. The van der Waals surface area contributed by atoms with Crippen molar-refractivity contribution in [2.24, 2.45) is 0 Å². The highest BCUT2D eigenvalue weighted by Crippen LogP contribution is 2.36. The van der Waals surface area contributed by atoms with Gasteiger partial charge >= 0.3 is 19.8 Å². The topological polar surface area (TPSA) is 140 Å². The summed E-state index contributed by atoms with van der Waals surface area (Å²) in [6, 6.07) is 0. The third-order valence-electron chi connectivity index (χ3n) is 8.45. The first kappa shape index (κ1) is 49.0. The van der Waals surface area contributed by atoms with Crippen molar-refractivity contribution in [1.29, 1.82) is 0 Å². The zero-order chi connectivity index (χ0) is 37.7. The lowest BCUT2D eigenvalue weighted by Crippen LogP contribution is -2.29. The number of carbonyl (C=O) groups is 2. The van der Waals surface area contributed by atoms with Crippen molar-refractivity contribution in [3.63, 3.8) is 0 Å². The largest absolute Gasteiger partial charge is 0.469 e. The van der Waals surface area contributed by atoms with Crippen LogP contribution in [0.25, 0.3) is 0 Å². The fraction of sp³-hybridized carbons (Fsp3) is 0.756. The molecule has 10 heteroatoms. The van der Waals surface area contributed by atoms with Crippen LogP contribution in [0.1, 0.15) is 174 Å². The molecule has 0 aromatic heterocycles. The molecule has 0 fully saturated rings. The van der Waals surface area contributed by atoms with Crippen molar-refractivity contribution in [2.45, 2.75) is 187 Å². The van der Waals surface area contributed by atoms with E-state index in [0.717, 1.165) is 38.5 Å². The van der Waals surface area contributed by atoms with Gasteiger partial charge in [0.05, 0.1) is 12.7 Å². The zero-order valence-corrected chi connectivity index (χ0v) is 33.0. The minimum Gasteiger partial charge on any atom is -0.462 e. The molecule has 0 aromatic carbocycles. The molecule has 0 spiro atoms. The van der Waals surface area contributed by atoms with Crippen LogP contribution in [0.15, 0.2) is 48.6 Å². The van der Waals surface area contributed by atoms with Crippen molar-refractivity contribution in [3.8, 4) is 0 Å². The second-order valence-corrected chi connectivity index (χ2v) is 14.7. The Labute approximate surface area is 310 Å². The Kier molecular flexibility index (Phi) is 34.9. The number of phosphoric ester groups is 1. The molecule has 296 valence electrons. The number of carbonyl (C=O) groups excluding carboxylic acids is 2. The van der Waals surface area contributed by atoms with Crippen LogP contribution in [-0.4, -0.2) is 52.3 Å². The normalized spacial score (nSPS) is 13.6. The van der Waals surface area contributed by atoms with E-state index in [1.54, 1.807) is 12.2 Å². The highest BCUT2D eigenvalue weighted by Gasteiger charge is 2.23. The number of hydrogen-bond donors (Lipinski definition) is 3. The van der Waals surface area contributed by atoms with Crippen molar-refractivity contribution in [3.05, 3.63) is 48.6 Å². The quantitative estimate of drug-likeness (QED) is 0.0188. The lowest BCUT2D eigenvalue weighted by molar-refractivity contribution is -0.161. The monoisotopic (exact) mass is 740 g/mol. The van der Waals surface area contributed by atoms with Gasteiger partial charge in [-0.05, 0) is 44.9 Å². The van der Waals surface area contributed by atoms with E-state index in [1.165, 1.54) is 89.9 Å². The van der Waals surface area contributed by atoms with E-state index in [4.69, 9.17) is 19.3 Å². The maximum Gasteiger partial charge on any atom is 0.469 e. The Morgan fingerprint density at radius 2 is 1.12 bits per heavy atom. The summed E-state index contributed by atoms with van der Waals surface area (Å²) in [4.78, 5) is 42.8. The molecule has 0 amide bonds. The summed E-state index contributed by atoms with van der Waals surface area (Å²) in [7, 11) is -4.81. The van der Waals surface area contributed by atoms with E-state index in [2.05, 4.69) is 42.7 Å². The number of unbranched alkanes of at least 4 members (excludes halogenated alkanes) is 17. The van der Waals surface area contributed by atoms with Crippen LogP contribution in [0.4, 0.5) is 0 Å². The maximum atomic E-state index is 12.4. The number of rotatable bonds is 36. The van der Waals surface area contributed by atoms with Crippen molar-refractivity contribution >= 4 is 19.8 Å². The first-order chi connectivity index (χ1) is 24.7. The summed E-state index contributed by atoms with van der Waals surface area (Å²) in [5.74, 6) is -1.08. The smallest absolute Gasteiger partial charge is 0.462 e. The molecule has 0 saturated heterocycles. The lowest BCUT2D eigenvalue weighted by Gasteiger charge is -2.18. The van der Waals surface area contributed by atoms with E-state index < -0.39 is 38.6 Å². The Morgan fingerprint density at radius 3 is 1.71 bits per heavy atom. The summed E-state index contributed by atoms with van der Waals surface area (Å²) in [5.41, 5.74) is 0. The molecule has 0 rings (SSSR count). The number of hydrogen-bond acceptors (Lipinski definition) is 7. The molecule has 51 heavy (non-hydrogen) atoms. The number of phosphoric acid groups is 1. The summed E-state index contributed by atoms with van der Waals surface area (Å²) in [6.45, 7) is 3.49. The molecule has 0 bridgehead atoms. The van der Waals surface area contributed by atoms with Crippen LogP contribution >= 0.6 is 7.82 Å². The maximum absolute atomic E-state index is 12.4. The molecule has 2 atom stereocenters. The molecule has 0 aliphatic carbocycles. The third-order valence-corrected chi connectivity index (χ3v) is 8.94. The van der Waals surface area contributed by atoms with E-state index in [1.807, 2.05) is 12.2 Å². The van der Waals surface area contributed by atoms with Gasteiger partial charge in [0.15, 0.2) is 6.10 Å².